The topological polar surface area (TPSA) is 42.0 Å². The summed E-state index contributed by atoms with van der Waals surface area (Å²) in [5, 5.41) is 3.85. The molecule has 1 N–H and O–H groups in total. The van der Waals surface area contributed by atoms with Gasteiger partial charge < -0.3 is 5.32 Å². The first-order valence-electron chi connectivity index (χ1n) is 6.15. The highest BCUT2D eigenvalue weighted by Crippen LogP contribution is 2.16. The zero-order valence-corrected chi connectivity index (χ0v) is 12.1. The van der Waals surface area contributed by atoms with Gasteiger partial charge in [0.1, 0.15) is 5.82 Å². The molecule has 0 spiro atoms. The number of fused-ring (bicyclic) bond motifs is 1. The van der Waals surface area contributed by atoms with Crippen LogP contribution in [0, 0.1) is 0 Å². The van der Waals surface area contributed by atoms with Crippen LogP contribution in [0.2, 0.25) is 0 Å². The second-order valence-electron chi connectivity index (χ2n) is 4.35. The number of para-hydroxylation sites is 1. The Morgan fingerprint density at radius 3 is 2.50 bits per heavy atom. The summed E-state index contributed by atoms with van der Waals surface area (Å²) >= 11 is 3.34. The predicted octanol–water partition coefficient (Wildman–Crippen LogP) is 4.25. The van der Waals surface area contributed by atoms with Crippen LogP contribution in [0.5, 0.6) is 0 Å². The van der Waals surface area contributed by atoms with E-state index >= 15 is 0 Å². The second-order valence-corrected chi connectivity index (χ2v) is 5.27. The highest BCUT2D eigenvalue weighted by atomic mass is 79.9. The van der Waals surface area contributed by atoms with Gasteiger partial charge in [0.2, 0.25) is 0 Å². The van der Waals surface area contributed by atoms with Crippen LogP contribution >= 0.6 is 15.9 Å². The van der Waals surface area contributed by atoms with E-state index in [1.165, 1.54) is 0 Å². The molecule has 3 aromatic rings. The molecule has 0 saturated heterocycles. The van der Waals surface area contributed by atoms with Gasteiger partial charge in [0.25, 0.3) is 5.91 Å². The Balaban J connectivity index is 1.85. The van der Waals surface area contributed by atoms with Crippen LogP contribution in [0.4, 0.5) is 5.82 Å². The van der Waals surface area contributed by atoms with Gasteiger partial charge >= 0.3 is 0 Å². The lowest BCUT2D eigenvalue weighted by Gasteiger charge is -2.05. The largest absolute Gasteiger partial charge is 0.307 e. The molecule has 0 atom stereocenters. The molecular formula is C16H11BrN2O. The molecule has 0 saturated carbocycles. The summed E-state index contributed by atoms with van der Waals surface area (Å²) in [4.78, 5) is 16.5. The quantitative estimate of drug-likeness (QED) is 0.764. The SMILES string of the molecule is O=C(Nc1ccc2ccccc2n1)c1ccc(Br)cc1. The molecule has 3 rings (SSSR count). The molecule has 0 unspecified atom stereocenters. The Bertz CT molecular complexity index is 769. The molecular weight excluding hydrogens is 316 g/mol. The summed E-state index contributed by atoms with van der Waals surface area (Å²) in [6, 6.07) is 18.7. The Hall–Kier alpha value is -2.20. The number of benzene rings is 2. The lowest BCUT2D eigenvalue weighted by Crippen LogP contribution is -2.12. The fraction of sp³-hybridized carbons (Fsp3) is 0. The van der Waals surface area contributed by atoms with Gasteiger partial charge in [-0.3, -0.25) is 4.79 Å². The zero-order chi connectivity index (χ0) is 13.9. The maximum Gasteiger partial charge on any atom is 0.256 e. The molecule has 0 aliphatic carbocycles. The number of pyridine rings is 1. The zero-order valence-electron chi connectivity index (χ0n) is 10.5. The maximum atomic E-state index is 12.1. The summed E-state index contributed by atoms with van der Waals surface area (Å²) in [6.07, 6.45) is 0. The smallest absolute Gasteiger partial charge is 0.256 e. The molecule has 2 aromatic carbocycles. The fourth-order valence-corrected chi connectivity index (χ4v) is 2.19. The molecule has 3 nitrogen and oxygen atoms in total. The highest BCUT2D eigenvalue weighted by Gasteiger charge is 2.06. The van der Waals surface area contributed by atoms with Crippen molar-refractivity contribution in [2.45, 2.75) is 0 Å². The number of hydrogen-bond donors (Lipinski definition) is 1. The van der Waals surface area contributed by atoms with Gasteiger partial charge in [-0.25, -0.2) is 4.98 Å². The van der Waals surface area contributed by atoms with E-state index in [4.69, 9.17) is 0 Å². The number of hydrogen-bond acceptors (Lipinski definition) is 2. The number of nitrogens with one attached hydrogen (secondary N) is 1. The lowest BCUT2D eigenvalue weighted by molar-refractivity contribution is 0.102. The molecule has 0 fully saturated rings. The minimum absolute atomic E-state index is 0.166. The Morgan fingerprint density at radius 2 is 1.70 bits per heavy atom. The third kappa shape index (κ3) is 2.70. The van der Waals surface area contributed by atoms with Crippen molar-refractivity contribution in [2.75, 3.05) is 5.32 Å². The van der Waals surface area contributed by atoms with Crippen LogP contribution in [0.3, 0.4) is 0 Å². The summed E-state index contributed by atoms with van der Waals surface area (Å²) in [5.74, 6) is 0.386. The van der Waals surface area contributed by atoms with Gasteiger partial charge in [-0.1, -0.05) is 34.1 Å². The minimum Gasteiger partial charge on any atom is -0.307 e. The van der Waals surface area contributed by atoms with Gasteiger partial charge in [-0.2, -0.15) is 0 Å². The van der Waals surface area contributed by atoms with Gasteiger partial charge in [-0.15, -0.1) is 0 Å². The van der Waals surface area contributed by atoms with E-state index in [2.05, 4.69) is 26.2 Å². The van der Waals surface area contributed by atoms with Crippen LogP contribution in [0.25, 0.3) is 10.9 Å². The summed E-state index contributed by atoms with van der Waals surface area (Å²) in [6.45, 7) is 0. The number of carbonyl (C=O) groups is 1. The van der Waals surface area contributed by atoms with E-state index < -0.39 is 0 Å². The van der Waals surface area contributed by atoms with Crippen molar-refractivity contribution in [2.24, 2.45) is 0 Å². The van der Waals surface area contributed by atoms with Crippen LogP contribution in [-0.2, 0) is 0 Å². The molecule has 0 aliphatic heterocycles. The van der Waals surface area contributed by atoms with Crippen molar-refractivity contribution < 1.29 is 4.79 Å². The number of rotatable bonds is 2. The molecule has 0 radical (unpaired) electrons. The average Bonchev–Trinajstić information content (AvgIpc) is 2.48. The second kappa shape index (κ2) is 5.43. The number of amides is 1. The first-order valence-corrected chi connectivity index (χ1v) is 6.94. The number of anilines is 1. The summed E-state index contributed by atoms with van der Waals surface area (Å²) < 4.78 is 0.942. The van der Waals surface area contributed by atoms with Gasteiger partial charge in [0, 0.05) is 15.4 Å². The molecule has 98 valence electrons. The predicted molar refractivity (Wildman–Crippen MR) is 83.8 cm³/mol. The van der Waals surface area contributed by atoms with E-state index in [9.17, 15) is 4.79 Å². The van der Waals surface area contributed by atoms with E-state index in [1.54, 1.807) is 18.2 Å². The summed E-state index contributed by atoms with van der Waals surface area (Å²) in [5.41, 5.74) is 1.46. The molecule has 1 heterocycles. The van der Waals surface area contributed by atoms with Crippen LogP contribution in [0.15, 0.2) is 65.1 Å². The van der Waals surface area contributed by atoms with Crippen LogP contribution in [0.1, 0.15) is 10.4 Å². The maximum absolute atomic E-state index is 12.1. The van der Waals surface area contributed by atoms with Crippen LogP contribution < -0.4 is 5.32 Å². The molecule has 1 amide bonds. The normalized spacial score (nSPS) is 10.4. The monoisotopic (exact) mass is 326 g/mol. The highest BCUT2D eigenvalue weighted by molar-refractivity contribution is 9.10. The van der Waals surface area contributed by atoms with Crippen molar-refractivity contribution >= 4 is 38.6 Å². The van der Waals surface area contributed by atoms with Crippen molar-refractivity contribution in [3.8, 4) is 0 Å². The number of nitrogens with zero attached hydrogens (tertiary/aromatic N) is 1. The Labute approximate surface area is 124 Å². The molecule has 0 bridgehead atoms. The van der Waals surface area contributed by atoms with E-state index in [-0.39, 0.29) is 5.91 Å². The van der Waals surface area contributed by atoms with Crippen molar-refractivity contribution in [1.29, 1.82) is 0 Å². The number of aromatic nitrogens is 1. The van der Waals surface area contributed by atoms with E-state index in [0.29, 0.717) is 11.4 Å². The molecule has 4 heteroatoms. The van der Waals surface area contributed by atoms with Crippen LogP contribution in [-0.4, -0.2) is 10.9 Å². The lowest BCUT2D eigenvalue weighted by atomic mass is 10.2. The first kappa shape index (κ1) is 12.8. The molecule has 0 aliphatic rings. The Morgan fingerprint density at radius 1 is 0.950 bits per heavy atom. The number of halogens is 1. The Kier molecular flexibility index (Phi) is 3.48. The van der Waals surface area contributed by atoms with E-state index in [0.717, 1.165) is 15.4 Å². The molecule has 1 aromatic heterocycles. The minimum atomic E-state index is -0.166. The van der Waals surface area contributed by atoms with Crippen molar-refractivity contribution in [3.05, 3.63) is 70.7 Å². The third-order valence-corrected chi connectivity index (χ3v) is 3.48. The first-order chi connectivity index (χ1) is 9.72. The van der Waals surface area contributed by atoms with E-state index in [1.807, 2.05) is 42.5 Å². The van der Waals surface area contributed by atoms with Gasteiger partial charge in [-0.05, 0) is 42.5 Å². The standard InChI is InChI=1S/C16H11BrN2O/c17-13-8-5-12(6-9-13)16(20)19-15-10-7-11-3-1-2-4-14(11)18-15/h1-10H,(H,18,19,20). The number of carbonyl (C=O) groups excluding carboxylic acids is 1. The third-order valence-electron chi connectivity index (χ3n) is 2.95. The van der Waals surface area contributed by atoms with Crippen molar-refractivity contribution in [3.63, 3.8) is 0 Å². The van der Waals surface area contributed by atoms with Crippen molar-refractivity contribution in [1.82, 2.24) is 4.98 Å². The van der Waals surface area contributed by atoms with Gasteiger partial charge in [0.15, 0.2) is 0 Å². The van der Waals surface area contributed by atoms with Gasteiger partial charge in [0.05, 0.1) is 5.52 Å². The summed E-state index contributed by atoms with van der Waals surface area (Å²) in [7, 11) is 0. The average molecular weight is 327 g/mol. The molecule has 20 heavy (non-hydrogen) atoms. The fourth-order valence-electron chi connectivity index (χ4n) is 1.93.